The van der Waals surface area contributed by atoms with Gasteiger partial charge in [-0.2, -0.15) is 0 Å². The molecule has 2 aromatic carbocycles. The molecule has 0 radical (unpaired) electrons. The van der Waals surface area contributed by atoms with Gasteiger partial charge in [-0.3, -0.25) is 10.0 Å². The van der Waals surface area contributed by atoms with Crippen molar-refractivity contribution in [1.29, 1.82) is 0 Å². The predicted molar refractivity (Wildman–Crippen MR) is 82.1 cm³/mol. The molecule has 3 N–H and O–H groups in total. The highest BCUT2D eigenvalue weighted by atomic mass is 16.5. The van der Waals surface area contributed by atoms with Gasteiger partial charge in [0.2, 0.25) is 0 Å². The van der Waals surface area contributed by atoms with Gasteiger partial charge in [-0.25, -0.2) is 15.3 Å². The van der Waals surface area contributed by atoms with Crippen molar-refractivity contribution in [3.8, 4) is 11.4 Å². The van der Waals surface area contributed by atoms with Crippen LogP contribution in [0.4, 0.5) is 0 Å². The minimum Gasteiger partial charge on any atom is -0.478 e. The minimum atomic E-state index is -1.04. The van der Waals surface area contributed by atoms with Crippen LogP contribution in [0.25, 0.3) is 22.4 Å². The minimum absolute atomic E-state index is 0.132. The van der Waals surface area contributed by atoms with Gasteiger partial charge >= 0.3 is 5.97 Å². The summed E-state index contributed by atoms with van der Waals surface area (Å²) in [5, 5.41) is 17.9. The number of carbonyl (C=O) groups is 2. The number of nitrogens with zero attached hydrogens (tertiary/aromatic N) is 2. The van der Waals surface area contributed by atoms with Crippen molar-refractivity contribution in [1.82, 2.24) is 15.0 Å². The zero-order chi connectivity index (χ0) is 16.4. The Balaban J connectivity index is 2.20. The van der Waals surface area contributed by atoms with Crippen molar-refractivity contribution < 1.29 is 19.9 Å². The molecule has 0 aliphatic carbocycles. The van der Waals surface area contributed by atoms with Crippen molar-refractivity contribution in [2.24, 2.45) is 0 Å². The number of benzene rings is 2. The number of hydrogen-bond acceptors (Lipinski definition) is 4. The summed E-state index contributed by atoms with van der Waals surface area (Å²) in [6.07, 6.45) is 0. The van der Waals surface area contributed by atoms with Gasteiger partial charge < -0.3 is 9.67 Å². The van der Waals surface area contributed by atoms with E-state index in [0.717, 1.165) is 0 Å². The summed E-state index contributed by atoms with van der Waals surface area (Å²) in [5.74, 6) is -1.18. The van der Waals surface area contributed by atoms with Gasteiger partial charge in [-0.05, 0) is 24.3 Å². The van der Waals surface area contributed by atoms with Gasteiger partial charge in [-0.1, -0.05) is 24.3 Å². The second-order valence-corrected chi connectivity index (χ2v) is 4.93. The highest BCUT2D eigenvalue weighted by molar-refractivity contribution is 5.90. The Kier molecular flexibility index (Phi) is 3.78. The first kappa shape index (κ1) is 14.7. The number of imidazole rings is 1. The van der Waals surface area contributed by atoms with Gasteiger partial charge in [-0.15, -0.1) is 0 Å². The SMILES string of the molecule is O=C(Cn1c(-c2cccc(C(=O)O)c2)nc2ccccc21)NO. The fourth-order valence-electron chi connectivity index (χ4n) is 2.43. The number of fused-ring (bicyclic) bond motifs is 1. The lowest BCUT2D eigenvalue weighted by molar-refractivity contribution is -0.129. The van der Waals surface area contributed by atoms with Gasteiger partial charge in [0.05, 0.1) is 16.6 Å². The number of rotatable bonds is 4. The number of para-hydroxylation sites is 2. The zero-order valence-electron chi connectivity index (χ0n) is 11.9. The summed E-state index contributed by atoms with van der Waals surface area (Å²) in [4.78, 5) is 27.2. The molecule has 116 valence electrons. The van der Waals surface area contributed by atoms with Gasteiger partial charge in [0, 0.05) is 5.56 Å². The third kappa shape index (κ3) is 2.77. The van der Waals surface area contributed by atoms with Crippen LogP contribution in [0.3, 0.4) is 0 Å². The first-order valence-electron chi connectivity index (χ1n) is 6.82. The lowest BCUT2D eigenvalue weighted by Crippen LogP contribution is -2.24. The number of carbonyl (C=O) groups excluding carboxylic acids is 1. The second-order valence-electron chi connectivity index (χ2n) is 4.93. The second kappa shape index (κ2) is 5.90. The number of nitrogens with one attached hydrogen (secondary N) is 1. The quantitative estimate of drug-likeness (QED) is 0.504. The van der Waals surface area contributed by atoms with E-state index >= 15 is 0 Å². The van der Waals surface area contributed by atoms with Crippen LogP contribution in [0.2, 0.25) is 0 Å². The van der Waals surface area contributed by atoms with E-state index in [4.69, 9.17) is 10.3 Å². The van der Waals surface area contributed by atoms with Crippen LogP contribution in [-0.2, 0) is 11.3 Å². The normalized spacial score (nSPS) is 10.7. The van der Waals surface area contributed by atoms with Crippen LogP contribution in [0.5, 0.6) is 0 Å². The van der Waals surface area contributed by atoms with Crippen molar-refractivity contribution in [3.05, 3.63) is 54.1 Å². The third-order valence-corrected chi connectivity index (χ3v) is 3.45. The average Bonchev–Trinajstić information content (AvgIpc) is 2.93. The Labute approximate surface area is 130 Å². The molecular formula is C16H13N3O4. The summed E-state index contributed by atoms with van der Waals surface area (Å²) in [7, 11) is 0. The first-order chi connectivity index (χ1) is 11.1. The van der Waals surface area contributed by atoms with E-state index < -0.39 is 11.9 Å². The molecule has 0 fully saturated rings. The highest BCUT2D eigenvalue weighted by Crippen LogP contribution is 2.25. The standard InChI is InChI=1S/C16H13N3O4/c20-14(18-23)9-19-13-7-2-1-6-12(13)17-15(19)10-4-3-5-11(8-10)16(21)22/h1-8,23H,9H2,(H,18,20)(H,21,22). The summed E-state index contributed by atoms with van der Waals surface area (Å²) in [6, 6.07) is 13.6. The Morgan fingerprint density at radius 3 is 2.65 bits per heavy atom. The third-order valence-electron chi connectivity index (χ3n) is 3.45. The number of hydroxylamine groups is 1. The zero-order valence-corrected chi connectivity index (χ0v) is 11.9. The Morgan fingerprint density at radius 2 is 1.91 bits per heavy atom. The lowest BCUT2D eigenvalue weighted by atomic mass is 10.1. The molecule has 0 spiro atoms. The number of aromatic nitrogens is 2. The fourth-order valence-corrected chi connectivity index (χ4v) is 2.43. The first-order valence-corrected chi connectivity index (χ1v) is 6.82. The molecule has 0 aliphatic heterocycles. The maximum absolute atomic E-state index is 11.6. The van der Waals surface area contributed by atoms with Crippen molar-refractivity contribution in [2.75, 3.05) is 0 Å². The predicted octanol–water partition coefficient (Wildman–Crippen LogP) is 1.91. The topological polar surface area (TPSA) is 104 Å². The molecule has 1 aromatic heterocycles. The average molecular weight is 311 g/mol. The van der Waals surface area contributed by atoms with E-state index in [0.29, 0.717) is 22.4 Å². The Bertz CT molecular complexity index is 901. The summed E-state index contributed by atoms with van der Waals surface area (Å²) < 4.78 is 1.63. The van der Waals surface area contributed by atoms with Crippen LogP contribution < -0.4 is 5.48 Å². The van der Waals surface area contributed by atoms with Gasteiger partial charge in [0.25, 0.3) is 5.91 Å². The molecule has 3 rings (SSSR count). The van der Waals surface area contributed by atoms with E-state index in [1.807, 2.05) is 12.1 Å². The van der Waals surface area contributed by atoms with E-state index in [9.17, 15) is 9.59 Å². The summed E-state index contributed by atoms with van der Waals surface area (Å²) in [6.45, 7) is -0.135. The van der Waals surface area contributed by atoms with Crippen molar-refractivity contribution in [2.45, 2.75) is 6.54 Å². The fraction of sp³-hybridized carbons (Fsp3) is 0.0625. The number of aromatic carboxylic acids is 1. The number of amides is 1. The Morgan fingerprint density at radius 1 is 1.13 bits per heavy atom. The largest absolute Gasteiger partial charge is 0.478 e. The van der Waals surface area contributed by atoms with Crippen LogP contribution in [0, 0.1) is 0 Å². The molecule has 0 saturated carbocycles. The molecular weight excluding hydrogens is 298 g/mol. The van der Waals surface area contributed by atoms with E-state index in [2.05, 4.69) is 4.98 Å². The number of hydrogen-bond donors (Lipinski definition) is 3. The summed E-state index contributed by atoms with van der Waals surface area (Å²) in [5.41, 5.74) is 3.69. The highest BCUT2D eigenvalue weighted by Gasteiger charge is 2.16. The molecule has 0 aliphatic rings. The molecule has 3 aromatic rings. The van der Waals surface area contributed by atoms with Crippen LogP contribution in [-0.4, -0.2) is 31.7 Å². The van der Waals surface area contributed by atoms with E-state index in [-0.39, 0.29) is 12.1 Å². The van der Waals surface area contributed by atoms with E-state index in [1.54, 1.807) is 34.3 Å². The van der Waals surface area contributed by atoms with Crippen molar-refractivity contribution >= 4 is 22.9 Å². The Hall–Kier alpha value is -3.19. The molecule has 0 unspecified atom stereocenters. The molecule has 7 nitrogen and oxygen atoms in total. The van der Waals surface area contributed by atoms with Crippen LogP contribution >= 0.6 is 0 Å². The molecule has 0 saturated heterocycles. The molecule has 1 heterocycles. The van der Waals surface area contributed by atoms with Crippen molar-refractivity contribution in [3.63, 3.8) is 0 Å². The number of carboxylic acid groups (broad SMARTS) is 1. The van der Waals surface area contributed by atoms with Crippen LogP contribution in [0.15, 0.2) is 48.5 Å². The monoisotopic (exact) mass is 311 g/mol. The molecule has 1 amide bonds. The van der Waals surface area contributed by atoms with Crippen LogP contribution in [0.1, 0.15) is 10.4 Å². The maximum Gasteiger partial charge on any atom is 0.335 e. The molecule has 7 heteroatoms. The lowest BCUT2D eigenvalue weighted by Gasteiger charge is -2.08. The smallest absolute Gasteiger partial charge is 0.335 e. The molecule has 0 bridgehead atoms. The van der Waals surface area contributed by atoms with Gasteiger partial charge in [0.15, 0.2) is 0 Å². The molecule has 0 atom stereocenters. The summed E-state index contributed by atoms with van der Waals surface area (Å²) >= 11 is 0. The van der Waals surface area contributed by atoms with Gasteiger partial charge in [0.1, 0.15) is 12.4 Å². The molecule has 23 heavy (non-hydrogen) atoms. The maximum atomic E-state index is 11.6. The van der Waals surface area contributed by atoms with E-state index in [1.165, 1.54) is 12.1 Å². The number of carboxylic acids is 1.